The zero-order chi connectivity index (χ0) is 12.5. The molecule has 18 heavy (non-hydrogen) atoms. The Hall–Kier alpha value is -0.260. The molecule has 0 aromatic heterocycles. The van der Waals surface area contributed by atoms with Crippen molar-refractivity contribution >= 4 is 0 Å². The molecule has 0 N–H and O–H groups in total. The van der Waals surface area contributed by atoms with Gasteiger partial charge in [-0.2, -0.15) is 0 Å². The Morgan fingerprint density at radius 2 is 2.00 bits per heavy atom. The van der Waals surface area contributed by atoms with Crippen molar-refractivity contribution in [2.24, 2.45) is 34.5 Å². The minimum Gasteiger partial charge on any atom is -0.0856 e. The number of allylic oxidation sites excluding steroid dienone is 2. The van der Waals surface area contributed by atoms with Crippen molar-refractivity contribution in [2.45, 2.75) is 65.7 Å². The fourth-order valence-electron chi connectivity index (χ4n) is 6.32. The van der Waals surface area contributed by atoms with Crippen LogP contribution in [0.3, 0.4) is 0 Å². The van der Waals surface area contributed by atoms with E-state index in [1.807, 2.05) is 0 Å². The predicted octanol–water partition coefficient (Wildman–Crippen LogP) is 5.20. The van der Waals surface area contributed by atoms with Gasteiger partial charge in [-0.3, -0.25) is 0 Å². The van der Waals surface area contributed by atoms with E-state index >= 15 is 0 Å². The molecule has 3 saturated carbocycles. The van der Waals surface area contributed by atoms with Gasteiger partial charge in [0.05, 0.1) is 0 Å². The van der Waals surface area contributed by atoms with Crippen molar-refractivity contribution in [3.05, 3.63) is 11.6 Å². The van der Waals surface area contributed by atoms with Crippen LogP contribution in [0, 0.1) is 34.5 Å². The highest BCUT2D eigenvalue weighted by Crippen LogP contribution is 2.96. The normalized spacial score (nSPS) is 56.7. The Morgan fingerprint density at radius 1 is 1.22 bits per heavy atom. The first-order chi connectivity index (χ1) is 8.70. The summed E-state index contributed by atoms with van der Waals surface area (Å²) in [5, 5.41) is 0. The van der Waals surface area contributed by atoms with Gasteiger partial charge >= 0.3 is 0 Å². The average Bonchev–Trinajstić information content (AvgIpc) is 3.24. The zero-order valence-corrected chi connectivity index (χ0v) is 12.3. The topological polar surface area (TPSA) is 0 Å². The predicted molar refractivity (Wildman–Crippen MR) is 76.3 cm³/mol. The molecule has 0 aromatic rings. The van der Waals surface area contributed by atoms with E-state index in [0.717, 1.165) is 34.5 Å². The molecule has 4 aliphatic rings. The largest absolute Gasteiger partial charge is 0.0856 e. The highest BCUT2D eigenvalue weighted by Gasteiger charge is 2.91. The van der Waals surface area contributed by atoms with Gasteiger partial charge in [-0.05, 0) is 86.4 Å². The summed E-state index contributed by atoms with van der Waals surface area (Å²) in [6.45, 7) is 7.30. The third-order valence-corrected chi connectivity index (χ3v) is 7.41. The maximum Gasteiger partial charge on any atom is -0.0196 e. The Morgan fingerprint density at radius 3 is 2.67 bits per heavy atom. The van der Waals surface area contributed by atoms with E-state index in [1.54, 1.807) is 12.0 Å². The first-order valence-electron chi connectivity index (χ1n) is 8.36. The molecular weight excluding hydrogens is 216 g/mol. The quantitative estimate of drug-likeness (QED) is 0.586. The average molecular weight is 244 g/mol. The van der Waals surface area contributed by atoms with Gasteiger partial charge < -0.3 is 0 Å². The lowest BCUT2D eigenvalue weighted by Crippen LogP contribution is -2.28. The van der Waals surface area contributed by atoms with E-state index in [0.29, 0.717) is 0 Å². The second kappa shape index (κ2) is 3.44. The van der Waals surface area contributed by atoms with E-state index in [1.165, 1.54) is 38.5 Å². The molecule has 4 atom stereocenters. The monoisotopic (exact) mass is 244 g/mol. The summed E-state index contributed by atoms with van der Waals surface area (Å²) in [5.74, 6) is 4.56. The Balaban J connectivity index is 1.59. The Labute approximate surface area is 112 Å². The van der Waals surface area contributed by atoms with E-state index < -0.39 is 0 Å². The second-order valence-corrected chi connectivity index (χ2v) is 7.74. The molecule has 3 fully saturated rings. The molecule has 0 aliphatic heterocycles. The summed E-state index contributed by atoms with van der Waals surface area (Å²) >= 11 is 0. The van der Waals surface area contributed by atoms with Crippen LogP contribution in [0.2, 0.25) is 0 Å². The molecule has 100 valence electrons. The van der Waals surface area contributed by atoms with Crippen LogP contribution < -0.4 is 0 Å². The Bertz CT molecular complexity index is 392. The molecule has 4 unspecified atom stereocenters. The lowest BCUT2D eigenvalue weighted by molar-refractivity contribution is 0.135. The van der Waals surface area contributed by atoms with Gasteiger partial charge in [-0.1, -0.05) is 25.5 Å². The molecule has 0 spiro atoms. The summed E-state index contributed by atoms with van der Waals surface area (Å²) in [7, 11) is 0. The molecule has 0 amide bonds. The zero-order valence-electron chi connectivity index (χ0n) is 12.3. The molecule has 4 aliphatic carbocycles. The van der Waals surface area contributed by atoms with E-state index in [-0.39, 0.29) is 0 Å². The van der Waals surface area contributed by atoms with Crippen molar-refractivity contribution in [1.82, 2.24) is 0 Å². The van der Waals surface area contributed by atoms with Crippen molar-refractivity contribution < 1.29 is 0 Å². The number of hydrogen-bond acceptors (Lipinski definition) is 0. The lowest BCUT2D eigenvalue weighted by atomic mass is 9.69. The van der Waals surface area contributed by atoms with Gasteiger partial charge in [0.1, 0.15) is 0 Å². The van der Waals surface area contributed by atoms with Crippen molar-refractivity contribution in [3.63, 3.8) is 0 Å². The van der Waals surface area contributed by atoms with Crippen LogP contribution in [0.4, 0.5) is 0 Å². The number of fused-ring (bicyclic) bond motifs is 4. The fraction of sp³-hybridized carbons (Fsp3) is 0.889. The highest BCUT2D eigenvalue weighted by molar-refractivity contribution is 5.39. The van der Waals surface area contributed by atoms with Gasteiger partial charge in [0, 0.05) is 0 Å². The maximum absolute atomic E-state index is 2.55. The van der Waals surface area contributed by atoms with Gasteiger partial charge in [-0.25, -0.2) is 0 Å². The van der Waals surface area contributed by atoms with Crippen LogP contribution in [-0.4, -0.2) is 0 Å². The van der Waals surface area contributed by atoms with Gasteiger partial charge in [0.25, 0.3) is 0 Å². The summed E-state index contributed by atoms with van der Waals surface area (Å²) in [6, 6.07) is 0. The van der Waals surface area contributed by atoms with E-state index in [9.17, 15) is 0 Å². The van der Waals surface area contributed by atoms with Gasteiger partial charge in [-0.15, -0.1) is 0 Å². The van der Waals surface area contributed by atoms with Crippen molar-refractivity contribution in [2.75, 3.05) is 0 Å². The maximum atomic E-state index is 2.55. The molecule has 0 bridgehead atoms. The minimum atomic E-state index is 0.808. The summed E-state index contributed by atoms with van der Waals surface area (Å²) in [5.41, 5.74) is 3.34. The number of hydrogen-bond donors (Lipinski definition) is 0. The highest BCUT2D eigenvalue weighted by atomic mass is 15.0. The SMILES string of the molecule is CCC12CCC(C)=CCCC3CC3C3(CC)C1C23. The van der Waals surface area contributed by atoms with Crippen molar-refractivity contribution in [3.8, 4) is 0 Å². The smallest absolute Gasteiger partial charge is 0.0196 e. The number of rotatable bonds is 2. The minimum absolute atomic E-state index is 0.808. The Kier molecular flexibility index (Phi) is 2.21. The lowest BCUT2D eigenvalue weighted by Gasteiger charge is -2.35. The molecular formula is C18H28. The summed E-state index contributed by atoms with van der Waals surface area (Å²) in [4.78, 5) is 0. The van der Waals surface area contributed by atoms with Crippen LogP contribution in [0.25, 0.3) is 0 Å². The van der Waals surface area contributed by atoms with E-state index in [4.69, 9.17) is 0 Å². The molecule has 0 nitrogen and oxygen atoms in total. The van der Waals surface area contributed by atoms with Gasteiger partial charge in [0.2, 0.25) is 0 Å². The second-order valence-electron chi connectivity index (χ2n) is 7.74. The first-order valence-corrected chi connectivity index (χ1v) is 8.36. The molecule has 4 rings (SSSR count). The fourth-order valence-corrected chi connectivity index (χ4v) is 6.32. The van der Waals surface area contributed by atoms with Crippen molar-refractivity contribution in [1.29, 1.82) is 0 Å². The summed E-state index contributed by atoms with van der Waals surface area (Å²) in [6.07, 6.45) is 12.8. The molecule has 0 heterocycles. The molecule has 0 aromatic carbocycles. The third-order valence-electron chi connectivity index (χ3n) is 7.41. The molecule has 0 saturated heterocycles. The molecule has 0 heteroatoms. The first kappa shape index (κ1) is 11.6. The van der Waals surface area contributed by atoms with Crippen LogP contribution in [0.15, 0.2) is 11.6 Å². The summed E-state index contributed by atoms with van der Waals surface area (Å²) < 4.78 is 0. The van der Waals surface area contributed by atoms with Crippen LogP contribution in [0.1, 0.15) is 65.7 Å². The van der Waals surface area contributed by atoms with Gasteiger partial charge in [0.15, 0.2) is 0 Å². The van der Waals surface area contributed by atoms with Crippen LogP contribution in [0.5, 0.6) is 0 Å². The standard InChI is InChI=1S/C18H28/c1-4-17-10-9-12(3)7-6-8-13-11-14(13)18(5-2)15(17)16(17)18/h7,13-16H,4-6,8-11H2,1-3H3. The van der Waals surface area contributed by atoms with Crippen LogP contribution >= 0.6 is 0 Å². The van der Waals surface area contributed by atoms with E-state index in [2.05, 4.69) is 26.8 Å². The molecule has 0 radical (unpaired) electrons. The van der Waals surface area contributed by atoms with Crippen LogP contribution in [-0.2, 0) is 0 Å². The third kappa shape index (κ3) is 1.18.